The molecule has 10 nitrogen and oxygen atoms in total. The minimum absolute atomic E-state index is 0.00976. The lowest BCUT2D eigenvalue weighted by Crippen LogP contribution is -2.41. The van der Waals surface area contributed by atoms with Crippen molar-refractivity contribution in [3.8, 4) is 5.75 Å². The Morgan fingerprint density at radius 1 is 0.972 bits per heavy atom. The molecule has 2 aliphatic carbocycles. The third-order valence-electron chi connectivity index (χ3n) is 6.79. The maximum Gasteiger partial charge on any atom is 0.339 e. The molecule has 3 aromatic rings. The predicted molar refractivity (Wildman–Crippen MR) is 137 cm³/mol. The van der Waals surface area contributed by atoms with Crippen LogP contribution >= 0.6 is 0 Å². The van der Waals surface area contributed by atoms with Crippen LogP contribution in [0.1, 0.15) is 51.4 Å². The highest BCUT2D eigenvalue weighted by Crippen LogP contribution is 2.26. The molecule has 5 N–H and O–H groups in total. The van der Waals surface area contributed by atoms with Gasteiger partial charge in [0.05, 0.1) is 17.1 Å². The molecule has 192 valence electrons. The summed E-state index contributed by atoms with van der Waals surface area (Å²) in [5.74, 6) is 0.364. The number of carbonyl (C=O) groups is 1. The molecule has 5 rings (SSSR count). The van der Waals surface area contributed by atoms with E-state index in [2.05, 4.69) is 25.9 Å². The maximum absolute atomic E-state index is 12.8. The number of aromatic amines is 1. The van der Waals surface area contributed by atoms with E-state index in [0.29, 0.717) is 29.9 Å². The molecule has 0 bridgehead atoms. The van der Waals surface area contributed by atoms with Crippen LogP contribution in [-0.4, -0.2) is 47.7 Å². The quantitative estimate of drug-likeness (QED) is 0.299. The molecule has 1 heterocycles. The number of benzene rings is 2. The van der Waals surface area contributed by atoms with Gasteiger partial charge >= 0.3 is 16.1 Å². The second-order valence-corrected chi connectivity index (χ2v) is 11.1. The normalized spacial score (nSPS) is 20.8. The molecular formula is C25H31N5O5S. The number of carbonyl (C=O) groups excluding carboxylic acids is 1. The Hall–Kier alpha value is -3.31. The highest BCUT2D eigenvalue weighted by Gasteiger charge is 2.22. The summed E-state index contributed by atoms with van der Waals surface area (Å²) < 4.78 is 31.0. The van der Waals surface area contributed by atoms with Crippen molar-refractivity contribution in [3.63, 3.8) is 0 Å². The first-order valence-corrected chi connectivity index (χ1v) is 13.8. The first-order valence-electron chi connectivity index (χ1n) is 12.4. The molecule has 2 amide bonds. The highest BCUT2D eigenvalue weighted by molar-refractivity contribution is 7.87. The molecule has 0 aliphatic heterocycles. The fraction of sp³-hybridized carbons (Fsp3) is 0.440. The number of aliphatic hydroxyl groups is 1. The van der Waals surface area contributed by atoms with Crippen molar-refractivity contribution >= 4 is 38.8 Å². The number of urea groups is 1. The van der Waals surface area contributed by atoms with E-state index in [4.69, 9.17) is 4.18 Å². The Labute approximate surface area is 210 Å². The van der Waals surface area contributed by atoms with E-state index in [1.54, 1.807) is 18.2 Å². The summed E-state index contributed by atoms with van der Waals surface area (Å²) in [7, 11) is -4.02. The molecule has 2 aromatic carbocycles. The Kier molecular flexibility index (Phi) is 7.01. The maximum atomic E-state index is 12.8. The number of aliphatic hydroxyl groups excluding tert-OH is 1. The number of hydrogen-bond donors (Lipinski definition) is 5. The van der Waals surface area contributed by atoms with Gasteiger partial charge in [0.1, 0.15) is 10.6 Å². The van der Waals surface area contributed by atoms with Gasteiger partial charge in [-0.1, -0.05) is 12.8 Å². The Morgan fingerprint density at radius 2 is 1.69 bits per heavy atom. The second kappa shape index (κ2) is 10.4. The van der Waals surface area contributed by atoms with Crippen molar-refractivity contribution < 1.29 is 22.5 Å². The monoisotopic (exact) mass is 513 g/mol. The fourth-order valence-electron chi connectivity index (χ4n) is 4.84. The van der Waals surface area contributed by atoms with Crippen LogP contribution in [0, 0.1) is 0 Å². The van der Waals surface area contributed by atoms with E-state index in [9.17, 15) is 18.3 Å². The summed E-state index contributed by atoms with van der Waals surface area (Å²) in [6.07, 6.45) is 7.20. The zero-order valence-electron chi connectivity index (χ0n) is 19.9. The van der Waals surface area contributed by atoms with Crippen molar-refractivity contribution in [3.05, 3.63) is 42.5 Å². The second-order valence-electron chi connectivity index (χ2n) is 9.56. The number of aromatic nitrogens is 2. The number of imidazole rings is 1. The van der Waals surface area contributed by atoms with Gasteiger partial charge in [0.15, 0.2) is 0 Å². The number of anilines is 2. The molecule has 0 radical (unpaired) electrons. The summed E-state index contributed by atoms with van der Waals surface area (Å²) in [5.41, 5.74) is 1.97. The van der Waals surface area contributed by atoms with Gasteiger partial charge in [-0.15, -0.1) is 0 Å². The Balaban J connectivity index is 1.21. The number of nitrogens with zero attached hydrogens (tertiary/aromatic N) is 1. The fourth-order valence-corrected chi connectivity index (χ4v) is 5.77. The highest BCUT2D eigenvalue weighted by atomic mass is 32.2. The molecule has 0 saturated heterocycles. The molecule has 2 fully saturated rings. The first-order chi connectivity index (χ1) is 17.3. The SMILES string of the molecule is O=C(Nc1nc2cc(OS(=O)(=O)c3ccc(NC4CCCC4)cc3)ccc2[nH]1)N[C@H]1CC[C@H](O)CC1. The number of nitrogens with one attached hydrogen (secondary N) is 4. The van der Waals surface area contributed by atoms with Crippen LogP contribution in [-0.2, 0) is 10.1 Å². The lowest BCUT2D eigenvalue weighted by Gasteiger charge is -2.25. The van der Waals surface area contributed by atoms with Crippen molar-refractivity contribution in [1.29, 1.82) is 0 Å². The third-order valence-corrected chi connectivity index (χ3v) is 8.05. The van der Waals surface area contributed by atoms with Gasteiger partial charge in [-0.2, -0.15) is 8.42 Å². The van der Waals surface area contributed by atoms with Gasteiger partial charge in [-0.25, -0.2) is 9.78 Å². The zero-order chi connectivity index (χ0) is 25.1. The lowest BCUT2D eigenvalue weighted by molar-refractivity contribution is 0.118. The Morgan fingerprint density at radius 3 is 2.42 bits per heavy atom. The van der Waals surface area contributed by atoms with Gasteiger partial charge < -0.3 is 24.9 Å². The number of hydrogen-bond acceptors (Lipinski definition) is 7. The molecule has 36 heavy (non-hydrogen) atoms. The van der Waals surface area contributed by atoms with Crippen LogP contribution in [0.3, 0.4) is 0 Å². The van der Waals surface area contributed by atoms with E-state index in [1.165, 1.54) is 37.1 Å². The van der Waals surface area contributed by atoms with Crippen LogP contribution in [0.4, 0.5) is 16.4 Å². The minimum Gasteiger partial charge on any atom is -0.393 e. The largest absolute Gasteiger partial charge is 0.393 e. The number of fused-ring (bicyclic) bond motifs is 1. The minimum atomic E-state index is -4.02. The standard InChI is InChI=1S/C25H31N5O5S/c31-19-9-5-18(6-10-19)27-25(32)30-24-28-22-14-11-20(15-23(22)29-24)35-36(33,34)21-12-7-17(8-13-21)26-16-3-1-2-4-16/h7-8,11-16,18-19,26,31H,1-6,9-10H2,(H3,27,28,29,30,32)/t18-,19-. The zero-order valence-corrected chi connectivity index (χ0v) is 20.7. The van der Waals surface area contributed by atoms with E-state index < -0.39 is 10.1 Å². The predicted octanol–water partition coefficient (Wildman–Crippen LogP) is 4.11. The van der Waals surface area contributed by atoms with Crippen LogP contribution in [0.25, 0.3) is 11.0 Å². The lowest BCUT2D eigenvalue weighted by atomic mass is 9.93. The summed E-state index contributed by atoms with van der Waals surface area (Å²) >= 11 is 0. The molecule has 0 unspecified atom stereocenters. The number of H-pyrrole nitrogens is 1. The van der Waals surface area contributed by atoms with Crippen LogP contribution in [0.5, 0.6) is 5.75 Å². The molecule has 2 saturated carbocycles. The first kappa shape index (κ1) is 24.4. The topological polar surface area (TPSA) is 145 Å². The average molecular weight is 514 g/mol. The summed E-state index contributed by atoms with van der Waals surface area (Å²) in [5, 5.41) is 18.6. The van der Waals surface area contributed by atoms with Crippen molar-refractivity contribution in [2.24, 2.45) is 0 Å². The van der Waals surface area contributed by atoms with Gasteiger partial charge in [0.25, 0.3) is 0 Å². The molecule has 2 aliphatic rings. The van der Waals surface area contributed by atoms with Crippen molar-refractivity contribution in [2.45, 2.75) is 74.4 Å². The molecule has 11 heteroatoms. The van der Waals surface area contributed by atoms with Crippen LogP contribution in [0.2, 0.25) is 0 Å². The molecule has 0 spiro atoms. The molecule has 1 aromatic heterocycles. The van der Waals surface area contributed by atoms with Crippen LogP contribution in [0.15, 0.2) is 47.4 Å². The number of amides is 2. The van der Waals surface area contributed by atoms with E-state index >= 15 is 0 Å². The summed E-state index contributed by atoms with van der Waals surface area (Å²) in [6, 6.07) is 11.3. The third kappa shape index (κ3) is 5.90. The van der Waals surface area contributed by atoms with Gasteiger partial charge in [-0.05, 0) is 74.9 Å². The average Bonchev–Trinajstić information content (AvgIpc) is 3.50. The van der Waals surface area contributed by atoms with Gasteiger partial charge in [-0.3, -0.25) is 5.32 Å². The van der Waals surface area contributed by atoms with Crippen molar-refractivity contribution in [1.82, 2.24) is 15.3 Å². The van der Waals surface area contributed by atoms with Gasteiger partial charge in [0.2, 0.25) is 5.95 Å². The van der Waals surface area contributed by atoms with Gasteiger partial charge in [0, 0.05) is 23.8 Å². The van der Waals surface area contributed by atoms with E-state index in [0.717, 1.165) is 31.4 Å². The molecular weight excluding hydrogens is 482 g/mol. The van der Waals surface area contributed by atoms with Crippen LogP contribution < -0.4 is 20.1 Å². The summed E-state index contributed by atoms with van der Waals surface area (Å²) in [4.78, 5) is 19.7. The Bertz CT molecular complexity index is 1310. The smallest absolute Gasteiger partial charge is 0.339 e. The van der Waals surface area contributed by atoms with Crippen molar-refractivity contribution in [2.75, 3.05) is 10.6 Å². The van der Waals surface area contributed by atoms with E-state index in [1.807, 2.05) is 0 Å². The van der Waals surface area contributed by atoms with E-state index in [-0.39, 0.29) is 34.8 Å². The molecule has 0 atom stereocenters. The number of rotatable bonds is 7. The summed E-state index contributed by atoms with van der Waals surface area (Å²) in [6.45, 7) is 0.